The Kier molecular flexibility index (Phi) is 4.00. The van der Waals surface area contributed by atoms with Gasteiger partial charge in [0.1, 0.15) is 0 Å². The third-order valence-corrected chi connectivity index (χ3v) is 3.68. The molecule has 1 unspecified atom stereocenters. The second-order valence-corrected chi connectivity index (χ2v) is 5.10. The van der Waals surface area contributed by atoms with E-state index in [1.807, 2.05) is 24.0 Å². The highest BCUT2D eigenvalue weighted by molar-refractivity contribution is 5.28. The second-order valence-electron chi connectivity index (χ2n) is 5.10. The van der Waals surface area contributed by atoms with Crippen molar-refractivity contribution in [3.8, 4) is 0 Å². The van der Waals surface area contributed by atoms with Crippen LogP contribution in [0.2, 0.25) is 0 Å². The summed E-state index contributed by atoms with van der Waals surface area (Å²) < 4.78 is 1.94. The molecule has 4 heteroatoms. The number of hydrogen-bond donors (Lipinski definition) is 1. The van der Waals surface area contributed by atoms with Gasteiger partial charge in [0.05, 0.1) is 5.69 Å². The molecule has 0 radical (unpaired) electrons. The summed E-state index contributed by atoms with van der Waals surface area (Å²) in [6.07, 6.45) is 3.71. The molecule has 0 bridgehead atoms. The molecule has 0 saturated heterocycles. The second kappa shape index (κ2) is 5.53. The van der Waals surface area contributed by atoms with E-state index in [0.29, 0.717) is 0 Å². The van der Waals surface area contributed by atoms with Crippen LogP contribution in [0.25, 0.3) is 0 Å². The van der Waals surface area contributed by atoms with Gasteiger partial charge in [0.25, 0.3) is 0 Å². The standard InChI is InChI=1S/C15H22N4/c1-10(14-7-6-8-16-9-14)17-11(2)15-12(3)18-19(5)13(15)4/h6-11,17H,1-5H3/t10-,11?/m0/s1. The summed E-state index contributed by atoms with van der Waals surface area (Å²) in [7, 11) is 1.99. The lowest BCUT2D eigenvalue weighted by Gasteiger charge is -2.20. The first-order valence-corrected chi connectivity index (χ1v) is 6.66. The fraction of sp³-hybridized carbons (Fsp3) is 0.467. The lowest BCUT2D eigenvalue weighted by molar-refractivity contribution is 0.490. The topological polar surface area (TPSA) is 42.7 Å². The summed E-state index contributed by atoms with van der Waals surface area (Å²) in [5.41, 5.74) is 4.81. The predicted octanol–water partition coefficient (Wildman–Crippen LogP) is 2.84. The quantitative estimate of drug-likeness (QED) is 0.917. The zero-order valence-corrected chi connectivity index (χ0v) is 12.3. The Labute approximate surface area is 114 Å². The van der Waals surface area contributed by atoms with Gasteiger partial charge in [0.2, 0.25) is 0 Å². The van der Waals surface area contributed by atoms with Crippen molar-refractivity contribution in [2.45, 2.75) is 39.8 Å². The van der Waals surface area contributed by atoms with Gasteiger partial charge in [-0.3, -0.25) is 9.67 Å². The zero-order chi connectivity index (χ0) is 14.0. The van der Waals surface area contributed by atoms with E-state index in [0.717, 1.165) is 5.69 Å². The third kappa shape index (κ3) is 2.84. The normalized spacial score (nSPS) is 14.4. The minimum Gasteiger partial charge on any atom is -0.303 e. The Hall–Kier alpha value is -1.68. The lowest BCUT2D eigenvalue weighted by Crippen LogP contribution is -2.23. The molecule has 2 heterocycles. The van der Waals surface area contributed by atoms with Gasteiger partial charge >= 0.3 is 0 Å². The van der Waals surface area contributed by atoms with Gasteiger partial charge in [-0.2, -0.15) is 5.10 Å². The van der Waals surface area contributed by atoms with Crippen LogP contribution in [0.5, 0.6) is 0 Å². The maximum atomic E-state index is 4.48. The number of hydrogen-bond acceptors (Lipinski definition) is 3. The highest BCUT2D eigenvalue weighted by Crippen LogP contribution is 2.23. The number of rotatable bonds is 4. The van der Waals surface area contributed by atoms with E-state index in [1.54, 1.807) is 6.20 Å². The summed E-state index contributed by atoms with van der Waals surface area (Å²) >= 11 is 0. The summed E-state index contributed by atoms with van der Waals surface area (Å²) in [5.74, 6) is 0. The van der Waals surface area contributed by atoms with Gasteiger partial charge in [-0.15, -0.1) is 0 Å². The molecule has 2 rings (SSSR count). The van der Waals surface area contributed by atoms with Gasteiger partial charge in [-0.05, 0) is 39.3 Å². The van der Waals surface area contributed by atoms with Crippen molar-refractivity contribution in [3.63, 3.8) is 0 Å². The maximum Gasteiger partial charge on any atom is 0.0644 e. The SMILES string of the molecule is Cc1nn(C)c(C)c1C(C)N[C@@H](C)c1cccnc1. The summed E-state index contributed by atoms with van der Waals surface area (Å²) in [4.78, 5) is 4.17. The van der Waals surface area contributed by atoms with Crippen LogP contribution in [0.1, 0.15) is 48.4 Å². The van der Waals surface area contributed by atoms with E-state index in [1.165, 1.54) is 16.8 Å². The van der Waals surface area contributed by atoms with Crippen LogP contribution in [0.15, 0.2) is 24.5 Å². The van der Waals surface area contributed by atoms with Gasteiger partial charge in [0, 0.05) is 42.8 Å². The molecule has 19 heavy (non-hydrogen) atoms. The van der Waals surface area contributed by atoms with Gasteiger partial charge in [-0.25, -0.2) is 0 Å². The fourth-order valence-corrected chi connectivity index (χ4v) is 2.60. The molecule has 1 N–H and O–H groups in total. The Morgan fingerprint density at radius 2 is 1.95 bits per heavy atom. The van der Waals surface area contributed by atoms with Crippen molar-refractivity contribution < 1.29 is 0 Å². The van der Waals surface area contributed by atoms with Crippen LogP contribution in [-0.4, -0.2) is 14.8 Å². The molecule has 2 aromatic rings. The van der Waals surface area contributed by atoms with Crippen molar-refractivity contribution in [3.05, 3.63) is 47.0 Å². The average Bonchev–Trinajstić information content (AvgIpc) is 2.64. The lowest BCUT2D eigenvalue weighted by atomic mass is 10.0. The maximum absolute atomic E-state index is 4.48. The molecular formula is C15H22N4. The van der Waals surface area contributed by atoms with Crippen molar-refractivity contribution in [2.24, 2.45) is 7.05 Å². The Morgan fingerprint density at radius 3 is 2.47 bits per heavy atom. The molecule has 4 nitrogen and oxygen atoms in total. The summed E-state index contributed by atoms with van der Waals surface area (Å²) in [6.45, 7) is 8.52. The first-order valence-electron chi connectivity index (χ1n) is 6.66. The van der Waals surface area contributed by atoms with Crippen LogP contribution >= 0.6 is 0 Å². The highest BCUT2D eigenvalue weighted by Gasteiger charge is 2.18. The van der Waals surface area contributed by atoms with Gasteiger partial charge in [0.15, 0.2) is 0 Å². The molecule has 0 aliphatic carbocycles. The van der Waals surface area contributed by atoms with E-state index in [-0.39, 0.29) is 12.1 Å². The summed E-state index contributed by atoms with van der Waals surface area (Å²) in [6, 6.07) is 4.60. The van der Waals surface area contributed by atoms with Gasteiger partial charge < -0.3 is 5.32 Å². The molecule has 0 spiro atoms. The summed E-state index contributed by atoms with van der Waals surface area (Å²) in [5, 5.41) is 8.09. The minimum atomic E-state index is 0.266. The molecule has 0 aromatic carbocycles. The number of nitrogens with zero attached hydrogens (tertiary/aromatic N) is 3. The minimum absolute atomic E-state index is 0.266. The van der Waals surface area contributed by atoms with Crippen LogP contribution < -0.4 is 5.32 Å². The van der Waals surface area contributed by atoms with Crippen molar-refractivity contribution in [1.29, 1.82) is 0 Å². The molecule has 0 aliphatic heterocycles. The highest BCUT2D eigenvalue weighted by atomic mass is 15.3. The van der Waals surface area contributed by atoms with Gasteiger partial charge in [-0.1, -0.05) is 6.07 Å². The average molecular weight is 258 g/mol. The largest absolute Gasteiger partial charge is 0.303 e. The van der Waals surface area contributed by atoms with Crippen molar-refractivity contribution in [1.82, 2.24) is 20.1 Å². The van der Waals surface area contributed by atoms with E-state index in [4.69, 9.17) is 0 Å². The first kappa shape index (κ1) is 13.7. The Balaban J connectivity index is 2.15. The third-order valence-electron chi connectivity index (χ3n) is 3.68. The fourth-order valence-electron chi connectivity index (χ4n) is 2.60. The molecule has 2 aromatic heterocycles. The zero-order valence-electron chi connectivity index (χ0n) is 12.3. The van der Waals surface area contributed by atoms with Crippen LogP contribution in [0.4, 0.5) is 0 Å². The van der Waals surface area contributed by atoms with Crippen molar-refractivity contribution in [2.75, 3.05) is 0 Å². The molecule has 0 amide bonds. The molecule has 0 saturated carbocycles. The van der Waals surface area contributed by atoms with E-state index >= 15 is 0 Å². The molecule has 2 atom stereocenters. The number of aryl methyl sites for hydroxylation is 2. The van der Waals surface area contributed by atoms with Crippen LogP contribution in [0, 0.1) is 13.8 Å². The monoisotopic (exact) mass is 258 g/mol. The Morgan fingerprint density at radius 1 is 1.21 bits per heavy atom. The number of aromatic nitrogens is 3. The van der Waals surface area contributed by atoms with Crippen LogP contribution in [-0.2, 0) is 7.05 Å². The molecule has 0 fully saturated rings. The molecule has 102 valence electrons. The Bertz CT molecular complexity index is 545. The molecule has 0 aliphatic rings. The van der Waals surface area contributed by atoms with E-state index in [2.05, 4.69) is 49.2 Å². The van der Waals surface area contributed by atoms with Crippen LogP contribution in [0.3, 0.4) is 0 Å². The van der Waals surface area contributed by atoms with E-state index in [9.17, 15) is 0 Å². The molecular weight excluding hydrogens is 236 g/mol. The number of pyridine rings is 1. The van der Waals surface area contributed by atoms with Crippen molar-refractivity contribution >= 4 is 0 Å². The number of nitrogens with one attached hydrogen (secondary N) is 1. The van der Waals surface area contributed by atoms with E-state index < -0.39 is 0 Å². The smallest absolute Gasteiger partial charge is 0.0644 e. The first-order chi connectivity index (χ1) is 9.00. The predicted molar refractivity (Wildman–Crippen MR) is 76.9 cm³/mol.